The van der Waals surface area contributed by atoms with E-state index in [-0.39, 0.29) is 0 Å². The van der Waals surface area contributed by atoms with E-state index in [1.807, 2.05) is 18.2 Å². The lowest BCUT2D eigenvalue weighted by atomic mass is 10.2. The Labute approximate surface area is 88.7 Å². The normalized spacial score (nSPS) is 16.0. The van der Waals surface area contributed by atoms with Gasteiger partial charge in [-0.1, -0.05) is 0 Å². The first-order valence-electron chi connectivity index (χ1n) is 5.42. The Kier molecular flexibility index (Phi) is 1.92. The number of benzene rings is 1. The van der Waals surface area contributed by atoms with E-state index >= 15 is 0 Å². The molecule has 3 heteroatoms. The summed E-state index contributed by atoms with van der Waals surface area (Å²) in [6.07, 6.45) is 2.65. The van der Waals surface area contributed by atoms with Crippen molar-refractivity contribution in [3.05, 3.63) is 30.0 Å². The summed E-state index contributed by atoms with van der Waals surface area (Å²) < 4.78 is 0. The zero-order valence-electron chi connectivity index (χ0n) is 8.59. The summed E-state index contributed by atoms with van der Waals surface area (Å²) in [6, 6.07) is 8.89. The fourth-order valence-electron chi connectivity index (χ4n) is 1.85. The third-order valence-electron chi connectivity index (χ3n) is 2.86. The molecule has 0 aliphatic heterocycles. The Morgan fingerprint density at radius 3 is 3.00 bits per heavy atom. The van der Waals surface area contributed by atoms with Gasteiger partial charge in [0.2, 0.25) is 0 Å². The summed E-state index contributed by atoms with van der Waals surface area (Å²) in [5.74, 6) is 0. The maximum Gasteiger partial charge on any atom is 0.0457 e. The SMILES string of the molecule is Nc1ccc2[nH]c(CNC3CC3)cc2c1. The molecule has 1 aliphatic rings. The topological polar surface area (TPSA) is 53.8 Å². The number of nitrogens with one attached hydrogen (secondary N) is 2. The van der Waals surface area contributed by atoms with Crippen LogP contribution in [0.25, 0.3) is 10.9 Å². The number of H-pyrrole nitrogens is 1. The molecule has 0 bridgehead atoms. The Balaban J connectivity index is 1.84. The van der Waals surface area contributed by atoms with E-state index in [0.717, 1.165) is 23.8 Å². The van der Waals surface area contributed by atoms with Crippen molar-refractivity contribution in [2.75, 3.05) is 5.73 Å². The maximum absolute atomic E-state index is 5.74. The summed E-state index contributed by atoms with van der Waals surface area (Å²) in [5.41, 5.74) is 8.96. The fourth-order valence-corrected chi connectivity index (χ4v) is 1.85. The van der Waals surface area contributed by atoms with Gasteiger partial charge in [-0.3, -0.25) is 0 Å². The monoisotopic (exact) mass is 201 g/mol. The Hall–Kier alpha value is -1.48. The van der Waals surface area contributed by atoms with Gasteiger partial charge in [-0.05, 0) is 37.1 Å². The third kappa shape index (κ3) is 1.83. The molecular weight excluding hydrogens is 186 g/mol. The molecule has 1 fully saturated rings. The number of aromatic nitrogens is 1. The van der Waals surface area contributed by atoms with Crippen molar-refractivity contribution in [3.8, 4) is 0 Å². The third-order valence-corrected chi connectivity index (χ3v) is 2.86. The van der Waals surface area contributed by atoms with Crippen LogP contribution in [-0.4, -0.2) is 11.0 Å². The van der Waals surface area contributed by atoms with E-state index < -0.39 is 0 Å². The highest BCUT2D eigenvalue weighted by atomic mass is 15.0. The zero-order valence-corrected chi connectivity index (χ0v) is 8.59. The molecule has 0 spiro atoms. The Morgan fingerprint density at radius 1 is 1.33 bits per heavy atom. The van der Waals surface area contributed by atoms with Crippen LogP contribution in [0.15, 0.2) is 24.3 Å². The second-order valence-electron chi connectivity index (χ2n) is 4.30. The van der Waals surface area contributed by atoms with Crippen molar-refractivity contribution in [2.45, 2.75) is 25.4 Å². The quantitative estimate of drug-likeness (QED) is 0.665. The molecular formula is C12H15N3. The molecule has 15 heavy (non-hydrogen) atoms. The first-order valence-corrected chi connectivity index (χ1v) is 5.42. The van der Waals surface area contributed by atoms with Gasteiger partial charge in [0.15, 0.2) is 0 Å². The maximum atomic E-state index is 5.74. The summed E-state index contributed by atoms with van der Waals surface area (Å²) in [5, 5.41) is 4.68. The second-order valence-corrected chi connectivity index (χ2v) is 4.30. The minimum atomic E-state index is 0.751. The van der Waals surface area contributed by atoms with Crippen LogP contribution in [0.4, 0.5) is 5.69 Å². The minimum absolute atomic E-state index is 0.751. The van der Waals surface area contributed by atoms with Crippen molar-refractivity contribution in [2.24, 2.45) is 0 Å². The predicted molar refractivity (Wildman–Crippen MR) is 62.6 cm³/mol. The number of hydrogen-bond acceptors (Lipinski definition) is 2. The van der Waals surface area contributed by atoms with Crippen molar-refractivity contribution in [3.63, 3.8) is 0 Å². The van der Waals surface area contributed by atoms with Crippen LogP contribution in [-0.2, 0) is 6.54 Å². The molecule has 4 N–H and O–H groups in total. The van der Waals surface area contributed by atoms with Crippen molar-refractivity contribution >= 4 is 16.6 Å². The molecule has 78 valence electrons. The largest absolute Gasteiger partial charge is 0.399 e. The van der Waals surface area contributed by atoms with Gasteiger partial charge in [-0.2, -0.15) is 0 Å². The van der Waals surface area contributed by atoms with Gasteiger partial charge >= 0.3 is 0 Å². The van der Waals surface area contributed by atoms with E-state index in [0.29, 0.717) is 0 Å². The van der Waals surface area contributed by atoms with E-state index in [1.54, 1.807) is 0 Å². The number of aromatic amines is 1. The van der Waals surface area contributed by atoms with Crippen LogP contribution in [0.3, 0.4) is 0 Å². The highest BCUT2D eigenvalue weighted by Gasteiger charge is 2.20. The Morgan fingerprint density at radius 2 is 2.20 bits per heavy atom. The molecule has 1 aromatic carbocycles. The van der Waals surface area contributed by atoms with Gasteiger partial charge in [0.25, 0.3) is 0 Å². The van der Waals surface area contributed by atoms with E-state index in [4.69, 9.17) is 5.73 Å². The number of nitrogens with two attached hydrogens (primary N) is 1. The van der Waals surface area contributed by atoms with Gasteiger partial charge in [0.1, 0.15) is 0 Å². The van der Waals surface area contributed by atoms with Crippen molar-refractivity contribution < 1.29 is 0 Å². The van der Waals surface area contributed by atoms with Crippen LogP contribution >= 0.6 is 0 Å². The molecule has 1 heterocycles. The Bertz CT molecular complexity index is 483. The standard InChI is InChI=1S/C12H15N3/c13-9-1-4-12-8(5-9)6-11(15-12)7-14-10-2-3-10/h1,4-6,10,14-15H,2-3,7,13H2. The van der Waals surface area contributed by atoms with Gasteiger partial charge in [0.05, 0.1) is 0 Å². The predicted octanol–water partition coefficient (Wildman–Crippen LogP) is 2.00. The number of rotatable bonds is 3. The summed E-state index contributed by atoms with van der Waals surface area (Å²) in [6.45, 7) is 0.930. The van der Waals surface area contributed by atoms with E-state index in [2.05, 4.69) is 16.4 Å². The van der Waals surface area contributed by atoms with E-state index in [1.165, 1.54) is 23.9 Å². The molecule has 2 aromatic rings. The molecule has 0 unspecified atom stereocenters. The molecule has 3 nitrogen and oxygen atoms in total. The van der Waals surface area contributed by atoms with Crippen LogP contribution in [0.5, 0.6) is 0 Å². The molecule has 1 saturated carbocycles. The highest BCUT2D eigenvalue weighted by molar-refractivity contribution is 5.83. The zero-order chi connectivity index (χ0) is 10.3. The summed E-state index contributed by atoms with van der Waals surface area (Å²) >= 11 is 0. The molecule has 0 radical (unpaired) electrons. The second kappa shape index (κ2) is 3.28. The first-order chi connectivity index (χ1) is 7.31. The average Bonchev–Trinajstić information content (AvgIpc) is 2.95. The van der Waals surface area contributed by atoms with Crippen LogP contribution in [0, 0.1) is 0 Å². The summed E-state index contributed by atoms with van der Waals surface area (Å²) in [7, 11) is 0. The van der Waals surface area contributed by atoms with Crippen molar-refractivity contribution in [1.82, 2.24) is 10.3 Å². The lowest BCUT2D eigenvalue weighted by Gasteiger charge is -1.98. The molecule has 1 aliphatic carbocycles. The molecule has 0 atom stereocenters. The number of fused-ring (bicyclic) bond motifs is 1. The molecule has 3 rings (SSSR count). The smallest absolute Gasteiger partial charge is 0.0457 e. The van der Waals surface area contributed by atoms with Crippen LogP contribution in [0.1, 0.15) is 18.5 Å². The first kappa shape index (κ1) is 8.80. The minimum Gasteiger partial charge on any atom is -0.399 e. The van der Waals surface area contributed by atoms with Crippen LogP contribution < -0.4 is 11.1 Å². The lowest BCUT2D eigenvalue weighted by Crippen LogP contribution is -2.15. The van der Waals surface area contributed by atoms with Crippen molar-refractivity contribution in [1.29, 1.82) is 0 Å². The molecule has 0 saturated heterocycles. The number of nitrogen functional groups attached to an aromatic ring is 1. The highest BCUT2D eigenvalue weighted by Crippen LogP contribution is 2.21. The lowest BCUT2D eigenvalue weighted by molar-refractivity contribution is 0.678. The van der Waals surface area contributed by atoms with Gasteiger partial charge in [-0.25, -0.2) is 0 Å². The molecule has 1 aromatic heterocycles. The molecule has 0 amide bonds. The number of hydrogen-bond donors (Lipinski definition) is 3. The van der Waals surface area contributed by atoms with Gasteiger partial charge < -0.3 is 16.0 Å². The summed E-state index contributed by atoms with van der Waals surface area (Å²) in [4.78, 5) is 3.39. The average molecular weight is 201 g/mol. The fraction of sp³-hybridized carbons (Fsp3) is 0.333. The number of anilines is 1. The van der Waals surface area contributed by atoms with Crippen LogP contribution in [0.2, 0.25) is 0 Å². The van der Waals surface area contributed by atoms with E-state index in [9.17, 15) is 0 Å². The van der Waals surface area contributed by atoms with Gasteiger partial charge in [-0.15, -0.1) is 0 Å². The van der Waals surface area contributed by atoms with Gasteiger partial charge in [0, 0.05) is 34.9 Å².